The fourth-order valence-corrected chi connectivity index (χ4v) is 3.10. The Morgan fingerprint density at radius 1 is 0.941 bits per heavy atom. The van der Waals surface area contributed by atoms with Crippen LogP contribution in [0.2, 0.25) is 0 Å². The number of esters is 1. The van der Waals surface area contributed by atoms with Gasteiger partial charge in [-0.05, 0) is 18.2 Å². The van der Waals surface area contributed by atoms with Crippen molar-refractivity contribution in [3.05, 3.63) is 73.5 Å². The van der Waals surface area contributed by atoms with E-state index < -0.39 is 32.9 Å². The number of carbonyl (C=O) groups excluding carboxylic acids is 2. The Morgan fingerprint density at radius 3 is 2.24 bits per heavy atom. The van der Waals surface area contributed by atoms with Gasteiger partial charge in [0.15, 0.2) is 0 Å². The third-order valence-electron chi connectivity index (χ3n) is 4.72. The van der Waals surface area contributed by atoms with Crippen molar-refractivity contribution >= 4 is 23.3 Å². The molecule has 0 aliphatic carbocycles. The van der Waals surface area contributed by atoms with Gasteiger partial charge in [-0.1, -0.05) is 12.1 Å². The lowest BCUT2D eigenvalue weighted by Gasteiger charge is -2.31. The van der Waals surface area contributed by atoms with Crippen LogP contribution in [-0.4, -0.2) is 62.8 Å². The van der Waals surface area contributed by atoms with Crippen LogP contribution < -0.4 is 9.57 Å². The number of non-ortho nitro benzene ring substituents is 1. The van der Waals surface area contributed by atoms with Crippen molar-refractivity contribution in [3.8, 4) is 11.5 Å². The van der Waals surface area contributed by atoms with E-state index in [9.17, 15) is 35.0 Å². The number of hydrazine groups is 1. The molecular formula is C19H18N6O9. The van der Waals surface area contributed by atoms with Crippen molar-refractivity contribution in [3.63, 3.8) is 0 Å². The molecule has 1 aliphatic heterocycles. The van der Waals surface area contributed by atoms with Crippen molar-refractivity contribution in [1.29, 1.82) is 0 Å². The summed E-state index contributed by atoms with van der Waals surface area (Å²) in [5.41, 5.74) is -1.05. The number of benzene rings is 2. The molecule has 34 heavy (non-hydrogen) atoms. The molecule has 0 spiro atoms. The maximum atomic E-state index is 12.8. The molecule has 2 aromatic rings. The van der Waals surface area contributed by atoms with Gasteiger partial charge >= 0.3 is 11.7 Å². The number of rotatable bonds is 7. The molecule has 1 amide bonds. The largest absolute Gasteiger partial charge is 0.569 e. The van der Waals surface area contributed by atoms with E-state index in [2.05, 4.69) is 5.28 Å². The monoisotopic (exact) mass is 474 g/mol. The lowest BCUT2D eigenvalue weighted by Crippen LogP contribution is -2.50. The van der Waals surface area contributed by atoms with E-state index in [0.29, 0.717) is 6.07 Å². The number of ether oxygens (including phenoxy) is 1. The minimum absolute atomic E-state index is 0.0696. The molecule has 1 fully saturated rings. The Labute approximate surface area is 191 Å². The molecule has 0 bridgehead atoms. The fraction of sp³-hybridized carbons (Fsp3) is 0.263. The van der Waals surface area contributed by atoms with Crippen LogP contribution in [0.25, 0.3) is 0 Å². The number of piperazine rings is 1. The quantitative estimate of drug-likeness (QED) is 0.144. The van der Waals surface area contributed by atoms with Gasteiger partial charge in [-0.25, -0.2) is 0 Å². The number of nitrogens with zero attached hydrogens (tertiary/aromatic N) is 6. The fourth-order valence-electron chi connectivity index (χ4n) is 3.10. The lowest BCUT2D eigenvalue weighted by atomic mass is 10.1. The maximum Gasteiger partial charge on any atom is 0.321 e. The summed E-state index contributed by atoms with van der Waals surface area (Å²) in [4.78, 5) is 50.7. The SMILES string of the molecule is CC(=O)Oc1ccccc1C(=O)N1CCN(/[N+]([O-])=N\Oc2ccc([N+](=O)[O-])cc2[N+](=O)[O-])CC1. The number of nitro benzene ring substituents is 2. The predicted molar refractivity (Wildman–Crippen MR) is 112 cm³/mol. The summed E-state index contributed by atoms with van der Waals surface area (Å²) in [5, 5.41) is 38.7. The molecule has 0 atom stereocenters. The zero-order valence-corrected chi connectivity index (χ0v) is 17.7. The van der Waals surface area contributed by atoms with Crippen molar-refractivity contribution in [2.24, 2.45) is 5.28 Å². The second-order valence-electron chi connectivity index (χ2n) is 6.93. The summed E-state index contributed by atoms with van der Waals surface area (Å²) in [5.74, 6) is -1.28. The van der Waals surface area contributed by atoms with Crippen LogP contribution in [0.3, 0.4) is 0 Å². The predicted octanol–water partition coefficient (Wildman–Crippen LogP) is 2.06. The first-order valence-electron chi connectivity index (χ1n) is 9.77. The number of hydrogen-bond acceptors (Lipinski definition) is 10. The first kappa shape index (κ1) is 23.8. The Hall–Kier alpha value is -4.82. The van der Waals surface area contributed by atoms with Gasteiger partial charge in [-0.15, -0.1) is 5.01 Å². The first-order valence-corrected chi connectivity index (χ1v) is 9.77. The summed E-state index contributed by atoms with van der Waals surface area (Å²) < 4.78 is 5.07. The summed E-state index contributed by atoms with van der Waals surface area (Å²) >= 11 is 0. The van der Waals surface area contributed by atoms with E-state index >= 15 is 0 Å². The molecule has 0 radical (unpaired) electrons. The van der Waals surface area contributed by atoms with Crippen molar-refractivity contribution in [2.75, 3.05) is 26.2 Å². The zero-order valence-electron chi connectivity index (χ0n) is 17.7. The number of carbonyl (C=O) groups is 2. The van der Waals surface area contributed by atoms with Crippen LogP contribution >= 0.6 is 0 Å². The molecule has 1 heterocycles. The van der Waals surface area contributed by atoms with E-state index in [1.165, 1.54) is 29.0 Å². The third-order valence-corrected chi connectivity index (χ3v) is 4.72. The van der Waals surface area contributed by atoms with Crippen LogP contribution in [0.15, 0.2) is 47.7 Å². The molecule has 1 aliphatic rings. The number of nitro groups is 2. The van der Waals surface area contributed by atoms with Gasteiger partial charge in [0.05, 0.1) is 39.5 Å². The smallest absolute Gasteiger partial charge is 0.321 e. The van der Waals surface area contributed by atoms with Crippen LogP contribution in [0.1, 0.15) is 17.3 Å². The van der Waals surface area contributed by atoms with Gasteiger partial charge in [0.25, 0.3) is 11.6 Å². The normalized spacial score (nSPS) is 13.9. The number of hydrogen-bond donors (Lipinski definition) is 0. The molecule has 0 N–H and O–H groups in total. The summed E-state index contributed by atoms with van der Waals surface area (Å²) in [6, 6.07) is 8.90. The molecule has 15 nitrogen and oxygen atoms in total. The van der Waals surface area contributed by atoms with Gasteiger partial charge < -0.3 is 14.8 Å². The Kier molecular flexibility index (Phi) is 7.15. The molecule has 0 unspecified atom stereocenters. The van der Waals surface area contributed by atoms with Crippen molar-refractivity contribution in [2.45, 2.75) is 6.92 Å². The third kappa shape index (κ3) is 5.50. The van der Waals surface area contributed by atoms with E-state index in [1.807, 2.05) is 0 Å². The summed E-state index contributed by atoms with van der Waals surface area (Å²) in [6.07, 6.45) is 0. The molecule has 15 heteroatoms. The van der Waals surface area contributed by atoms with Crippen molar-refractivity contribution < 1.29 is 34.0 Å². The van der Waals surface area contributed by atoms with E-state index in [4.69, 9.17) is 9.57 Å². The van der Waals surface area contributed by atoms with Crippen LogP contribution in [0.5, 0.6) is 11.5 Å². The lowest BCUT2D eigenvalue weighted by molar-refractivity contribution is -0.708. The number of para-hydroxylation sites is 1. The van der Waals surface area contributed by atoms with Gasteiger partial charge in [0.1, 0.15) is 5.75 Å². The van der Waals surface area contributed by atoms with E-state index in [-0.39, 0.29) is 48.4 Å². The van der Waals surface area contributed by atoms with E-state index in [0.717, 1.165) is 12.1 Å². The highest BCUT2D eigenvalue weighted by molar-refractivity contribution is 5.97. The topological polar surface area (TPSA) is 184 Å². The van der Waals surface area contributed by atoms with Gasteiger partial charge in [-0.3, -0.25) is 34.7 Å². The molecule has 0 saturated carbocycles. The minimum atomic E-state index is -0.898. The highest BCUT2D eigenvalue weighted by Crippen LogP contribution is 2.31. The van der Waals surface area contributed by atoms with Crippen LogP contribution in [-0.2, 0) is 4.79 Å². The van der Waals surface area contributed by atoms with Gasteiger partial charge in [-0.2, -0.15) is 0 Å². The van der Waals surface area contributed by atoms with Gasteiger partial charge in [0, 0.05) is 26.1 Å². The molecule has 3 rings (SSSR count). The average molecular weight is 474 g/mol. The molecule has 178 valence electrons. The molecule has 0 aromatic heterocycles. The maximum absolute atomic E-state index is 12.8. The summed E-state index contributed by atoms with van der Waals surface area (Å²) in [7, 11) is 0. The second kappa shape index (κ2) is 10.2. The molecule has 1 saturated heterocycles. The Morgan fingerprint density at radius 2 is 1.62 bits per heavy atom. The minimum Gasteiger partial charge on any atom is -0.569 e. The molecule has 2 aromatic carbocycles. The highest BCUT2D eigenvalue weighted by Gasteiger charge is 2.28. The zero-order chi connectivity index (χ0) is 24.8. The summed E-state index contributed by atoms with van der Waals surface area (Å²) in [6.45, 7) is 1.64. The Balaban J connectivity index is 1.65. The van der Waals surface area contributed by atoms with Gasteiger partial charge in [0.2, 0.25) is 11.0 Å². The second-order valence-corrected chi connectivity index (χ2v) is 6.93. The first-order chi connectivity index (χ1) is 16.2. The average Bonchev–Trinajstić information content (AvgIpc) is 2.82. The Bertz CT molecular complexity index is 1160. The highest BCUT2D eigenvalue weighted by atomic mass is 16.7. The standard InChI is InChI=1S/C19H18N6O9/c1-13(26)33-17-5-3-2-4-15(17)19(27)21-8-10-22(11-9-21)25(32)20-34-18-7-6-14(23(28)29)12-16(18)24(30)31/h2-7,12H,8-11H2,1H3/b25-20+. The number of amides is 1. The van der Waals surface area contributed by atoms with Crippen LogP contribution in [0, 0.1) is 25.4 Å². The van der Waals surface area contributed by atoms with Crippen molar-refractivity contribution in [1.82, 2.24) is 9.91 Å². The van der Waals surface area contributed by atoms with E-state index in [1.54, 1.807) is 12.1 Å². The molecular weight excluding hydrogens is 456 g/mol. The van der Waals surface area contributed by atoms with Crippen LogP contribution in [0.4, 0.5) is 11.4 Å².